The van der Waals surface area contributed by atoms with Gasteiger partial charge in [0.25, 0.3) is 0 Å². The number of aliphatic hydroxyl groups excluding tert-OH is 1. The summed E-state index contributed by atoms with van der Waals surface area (Å²) in [4.78, 5) is 0. The fourth-order valence-corrected chi connectivity index (χ4v) is 1.43. The minimum absolute atomic E-state index is 0.119. The number of unbranched alkanes of at least 4 members (excludes halogenated alkanes) is 1. The van der Waals surface area contributed by atoms with E-state index in [4.69, 9.17) is 9.84 Å². The summed E-state index contributed by atoms with van der Waals surface area (Å²) >= 11 is 1.90. The average Bonchev–Trinajstić information content (AvgIpc) is 2.16. The van der Waals surface area contributed by atoms with Crippen molar-refractivity contribution in [2.75, 3.05) is 44.9 Å². The third-order valence-electron chi connectivity index (χ3n) is 1.61. The van der Waals surface area contributed by atoms with Crippen molar-refractivity contribution >= 4 is 11.8 Å². The van der Waals surface area contributed by atoms with E-state index in [2.05, 4.69) is 11.6 Å². The molecule has 0 radical (unpaired) electrons. The van der Waals surface area contributed by atoms with Gasteiger partial charge in [-0.15, -0.1) is 0 Å². The minimum atomic E-state index is 0.119. The van der Waals surface area contributed by atoms with Gasteiger partial charge in [0, 0.05) is 6.54 Å². The summed E-state index contributed by atoms with van der Waals surface area (Å²) in [6, 6.07) is 0. The quantitative estimate of drug-likeness (QED) is 0.518. The maximum absolute atomic E-state index is 8.42. The van der Waals surface area contributed by atoms with E-state index in [1.807, 2.05) is 11.8 Å². The second kappa shape index (κ2) is 12.2. The number of nitrogens with one attached hydrogen (secondary N) is 1. The molecule has 0 aromatic rings. The lowest BCUT2D eigenvalue weighted by Crippen LogP contribution is -2.21. The topological polar surface area (TPSA) is 41.5 Å². The van der Waals surface area contributed by atoms with Crippen molar-refractivity contribution < 1.29 is 9.84 Å². The van der Waals surface area contributed by atoms with Gasteiger partial charge in [0.05, 0.1) is 19.8 Å². The van der Waals surface area contributed by atoms with Gasteiger partial charge in [0.1, 0.15) is 0 Å². The molecule has 0 aliphatic carbocycles. The molecule has 0 aliphatic heterocycles. The summed E-state index contributed by atoms with van der Waals surface area (Å²) < 4.78 is 5.09. The highest BCUT2D eigenvalue weighted by molar-refractivity contribution is 7.98. The van der Waals surface area contributed by atoms with Crippen molar-refractivity contribution in [3.63, 3.8) is 0 Å². The summed E-state index contributed by atoms with van der Waals surface area (Å²) in [5.41, 5.74) is 0. The van der Waals surface area contributed by atoms with E-state index in [1.165, 1.54) is 18.6 Å². The Labute approximate surface area is 85.2 Å². The molecular formula is C9H21NO2S. The molecule has 13 heavy (non-hydrogen) atoms. The van der Waals surface area contributed by atoms with E-state index in [0.717, 1.165) is 13.1 Å². The lowest BCUT2D eigenvalue weighted by Gasteiger charge is -2.04. The molecule has 0 rings (SSSR count). The first-order valence-electron chi connectivity index (χ1n) is 4.80. The van der Waals surface area contributed by atoms with Gasteiger partial charge >= 0.3 is 0 Å². The van der Waals surface area contributed by atoms with Crippen LogP contribution < -0.4 is 5.32 Å². The maximum Gasteiger partial charge on any atom is 0.0698 e. The second-order valence-corrected chi connectivity index (χ2v) is 3.77. The van der Waals surface area contributed by atoms with Crippen LogP contribution >= 0.6 is 11.8 Å². The Morgan fingerprint density at radius 1 is 1.23 bits per heavy atom. The Balaban J connectivity index is 2.76. The summed E-state index contributed by atoms with van der Waals surface area (Å²) in [6.07, 6.45) is 4.66. The van der Waals surface area contributed by atoms with Crippen LogP contribution in [0.15, 0.2) is 0 Å². The molecule has 2 N–H and O–H groups in total. The van der Waals surface area contributed by atoms with E-state index in [-0.39, 0.29) is 6.61 Å². The molecule has 0 saturated heterocycles. The number of hydrogen-bond acceptors (Lipinski definition) is 4. The molecule has 0 heterocycles. The first-order valence-corrected chi connectivity index (χ1v) is 6.19. The van der Waals surface area contributed by atoms with Crippen LogP contribution in [-0.2, 0) is 4.74 Å². The van der Waals surface area contributed by atoms with Crippen molar-refractivity contribution in [2.24, 2.45) is 0 Å². The lowest BCUT2D eigenvalue weighted by atomic mass is 10.3. The average molecular weight is 207 g/mol. The Morgan fingerprint density at radius 3 is 2.77 bits per heavy atom. The molecule has 0 atom stereocenters. The van der Waals surface area contributed by atoms with Crippen LogP contribution in [0.5, 0.6) is 0 Å². The molecule has 4 heteroatoms. The van der Waals surface area contributed by atoms with Crippen LogP contribution in [0.4, 0.5) is 0 Å². The smallest absolute Gasteiger partial charge is 0.0698 e. The third-order valence-corrected chi connectivity index (χ3v) is 2.31. The first-order chi connectivity index (χ1) is 6.41. The zero-order chi connectivity index (χ0) is 9.78. The van der Waals surface area contributed by atoms with Crippen molar-refractivity contribution in [1.29, 1.82) is 0 Å². The molecule has 0 aromatic heterocycles. The van der Waals surface area contributed by atoms with Crippen molar-refractivity contribution in [3.8, 4) is 0 Å². The van der Waals surface area contributed by atoms with Gasteiger partial charge in [0.15, 0.2) is 0 Å². The Bertz CT molecular complexity index is 83.7. The molecule has 80 valence electrons. The van der Waals surface area contributed by atoms with Crippen molar-refractivity contribution in [2.45, 2.75) is 12.8 Å². The Morgan fingerprint density at radius 2 is 2.08 bits per heavy atom. The highest BCUT2D eigenvalue weighted by Gasteiger charge is 1.89. The molecule has 3 nitrogen and oxygen atoms in total. The van der Waals surface area contributed by atoms with Gasteiger partial charge in [0.2, 0.25) is 0 Å². The standard InChI is InChI=1S/C9H21NO2S/c1-13-9-3-2-4-10-5-7-12-8-6-11/h10-11H,2-9H2,1H3. The van der Waals surface area contributed by atoms with Gasteiger partial charge in [-0.25, -0.2) is 0 Å². The van der Waals surface area contributed by atoms with Crippen molar-refractivity contribution in [1.82, 2.24) is 5.32 Å². The SMILES string of the molecule is CSCCCCNCCOCCO. The fraction of sp³-hybridized carbons (Fsp3) is 1.00. The van der Waals surface area contributed by atoms with E-state index < -0.39 is 0 Å². The number of hydrogen-bond donors (Lipinski definition) is 2. The van der Waals surface area contributed by atoms with E-state index in [1.54, 1.807) is 0 Å². The van der Waals surface area contributed by atoms with Crippen LogP contribution in [0.3, 0.4) is 0 Å². The normalized spacial score (nSPS) is 10.6. The number of ether oxygens (including phenoxy) is 1. The molecular weight excluding hydrogens is 186 g/mol. The Kier molecular flexibility index (Phi) is 12.4. The second-order valence-electron chi connectivity index (χ2n) is 2.79. The monoisotopic (exact) mass is 207 g/mol. The largest absolute Gasteiger partial charge is 0.394 e. The summed E-state index contributed by atoms with van der Waals surface area (Å²) in [5.74, 6) is 1.25. The number of rotatable bonds is 10. The van der Waals surface area contributed by atoms with Crippen LogP contribution in [0, 0.1) is 0 Å². The number of aliphatic hydroxyl groups is 1. The maximum atomic E-state index is 8.42. The van der Waals surface area contributed by atoms with Crippen LogP contribution in [0.1, 0.15) is 12.8 Å². The zero-order valence-corrected chi connectivity index (χ0v) is 9.24. The van der Waals surface area contributed by atoms with Gasteiger partial charge < -0.3 is 15.2 Å². The summed E-state index contributed by atoms with van der Waals surface area (Å²) in [5, 5.41) is 11.7. The highest BCUT2D eigenvalue weighted by atomic mass is 32.2. The molecule has 0 unspecified atom stereocenters. The third kappa shape index (κ3) is 12.2. The molecule has 0 saturated carbocycles. The first kappa shape index (κ1) is 13.2. The molecule has 0 amide bonds. The van der Waals surface area contributed by atoms with Crippen LogP contribution in [0.25, 0.3) is 0 Å². The van der Waals surface area contributed by atoms with Gasteiger partial charge in [-0.2, -0.15) is 11.8 Å². The highest BCUT2D eigenvalue weighted by Crippen LogP contribution is 1.97. The predicted molar refractivity (Wildman–Crippen MR) is 58.4 cm³/mol. The van der Waals surface area contributed by atoms with Gasteiger partial charge in [-0.1, -0.05) is 0 Å². The molecule has 0 aliphatic rings. The lowest BCUT2D eigenvalue weighted by molar-refractivity contribution is 0.0939. The fourth-order valence-electron chi connectivity index (χ4n) is 0.932. The predicted octanol–water partition coefficient (Wildman–Crippen LogP) is 0.728. The Hall–Kier alpha value is 0.230. The molecule has 0 aromatic carbocycles. The van der Waals surface area contributed by atoms with E-state index in [0.29, 0.717) is 13.2 Å². The van der Waals surface area contributed by atoms with Crippen molar-refractivity contribution in [3.05, 3.63) is 0 Å². The molecule has 0 spiro atoms. The number of thioether (sulfide) groups is 1. The molecule has 0 bridgehead atoms. The summed E-state index contributed by atoms with van der Waals surface area (Å²) in [6.45, 7) is 3.23. The van der Waals surface area contributed by atoms with Gasteiger partial charge in [-0.3, -0.25) is 0 Å². The van der Waals surface area contributed by atoms with E-state index >= 15 is 0 Å². The van der Waals surface area contributed by atoms with E-state index in [9.17, 15) is 0 Å². The van der Waals surface area contributed by atoms with Crippen LogP contribution in [0.2, 0.25) is 0 Å². The van der Waals surface area contributed by atoms with Gasteiger partial charge in [-0.05, 0) is 31.4 Å². The van der Waals surface area contributed by atoms with Crippen LogP contribution in [-0.4, -0.2) is 50.0 Å². The minimum Gasteiger partial charge on any atom is -0.394 e. The molecule has 0 fully saturated rings. The zero-order valence-electron chi connectivity index (χ0n) is 8.42. The summed E-state index contributed by atoms with van der Waals surface area (Å²) in [7, 11) is 0.